The van der Waals surface area contributed by atoms with Crippen LogP contribution in [0.3, 0.4) is 0 Å². The highest BCUT2D eigenvalue weighted by Gasteiger charge is 2.36. The van der Waals surface area contributed by atoms with Crippen molar-refractivity contribution in [2.75, 3.05) is 0 Å². The molecule has 0 aromatic heterocycles. The first-order valence-electron chi connectivity index (χ1n) is 4.34. The fourth-order valence-electron chi connectivity index (χ4n) is 1.49. The van der Waals surface area contributed by atoms with Crippen LogP contribution >= 0.6 is 0 Å². The highest BCUT2D eigenvalue weighted by Crippen LogP contribution is 2.36. The molecule has 0 fully saturated rings. The maximum absolute atomic E-state index is 12.7. The third-order valence-electron chi connectivity index (χ3n) is 2.42. The minimum atomic E-state index is -4.58. The molecule has 0 aliphatic rings. The minimum absolute atomic E-state index is 0.0666. The summed E-state index contributed by atoms with van der Waals surface area (Å²) in [5.41, 5.74) is -1.17. The van der Waals surface area contributed by atoms with Gasteiger partial charge in [0.15, 0.2) is 0 Å². The van der Waals surface area contributed by atoms with Crippen LogP contribution in [-0.4, -0.2) is 0 Å². The van der Waals surface area contributed by atoms with E-state index < -0.39 is 17.3 Å². The van der Waals surface area contributed by atoms with Crippen LogP contribution in [0.1, 0.15) is 27.8 Å². The predicted molar refractivity (Wildman–Crippen MR) is 50.3 cm³/mol. The second-order valence-corrected chi connectivity index (χ2v) is 3.32. The van der Waals surface area contributed by atoms with Crippen molar-refractivity contribution in [2.45, 2.75) is 20.0 Å². The molecule has 0 spiro atoms. The quantitative estimate of drug-likeness (QED) is 0.679. The molecule has 0 saturated carbocycles. The SMILES string of the molecule is Cc1c(C#N)cc(C#N)c(C(F)(F)F)c1C. The van der Waals surface area contributed by atoms with Crippen LogP contribution < -0.4 is 0 Å². The minimum Gasteiger partial charge on any atom is -0.192 e. The molecule has 0 radical (unpaired) electrons. The standard InChI is InChI=1S/C11H7F3N2/c1-6-7(2)10(11(12,13)14)9(5-16)3-8(6)4-15/h3H,1-2H3. The first-order valence-corrected chi connectivity index (χ1v) is 4.34. The average molecular weight is 224 g/mol. The smallest absolute Gasteiger partial charge is 0.192 e. The largest absolute Gasteiger partial charge is 0.417 e. The maximum Gasteiger partial charge on any atom is 0.417 e. The van der Waals surface area contributed by atoms with Crippen LogP contribution in [0, 0.1) is 36.5 Å². The Bertz CT molecular complexity index is 516. The fourth-order valence-corrected chi connectivity index (χ4v) is 1.49. The molecule has 16 heavy (non-hydrogen) atoms. The Morgan fingerprint density at radius 3 is 1.88 bits per heavy atom. The molecule has 1 aromatic rings. The molecule has 0 bridgehead atoms. The van der Waals surface area contributed by atoms with E-state index in [2.05, 4.69) is 0 Å². The topological polar surface area (TPSA) is 47.6 Å². The summed E-state index contributed by atoms with van der Waals surface area (Å²) in [5.74, 6) is 0. The van der Waals surface area contributed by atoms with E-state index in [9.17, 15) is 13.2 Å². The molecule has 82 valence electrons. The predicted octanol–water partition coefficient (Wildman–Crippen LogP) is 3.07. The number of hydrogen-bond donors (Lipinski definition) is 0. The van der Waals surface area contributed by atoms with E-state index in [1.165, 1.54) is 19.9 Å². The zero-order valence-electron chi connectivity index (χ0n) is 8.61. The van der Waals surface area contributed by atoms with Gasteiger partial charge in [-0.15, -0.1) is 0 Å². The van der Waals surface area contributed by atoms with Gasteiger partial charge in [-0.05, 0) is 31.0 Å². The van der Waals surface area contributed by atoms with Gasteiger partial charge in [0.1, 0.15) is 0 Å². The van der Waals surface area contributed by atoms with Crippen molar-refractivity contribution in [3.8, 4) is 12.1 Å². The molecule has 1 rings (SSSR count). The Balaban J connectivity index is 3.72. The Labute approximate surface area is 90.5 Å². The summed E-state index contributed by atoms with van der Waals surface area (Å²) in [6, 6.07) is 4.22. The van der Waals surface area contributed by atoms with E-state index in [4.69, 9.17) is 10.5 Å². The summed E-state index contributed by atoms with van der Waals surface area (Å²) in [5, 5.41) is 17.4. The molecule has 0 saturated heterocycles. The highest BCUT2D eigenvalue weighted by atomic mass is 19.4. The van der Waals surface area contributed by atoms with Gasteiger partial charge in [-0.25, -0.2) is 0 Å². The van der Waals surface area contributed by atoms with Crippen LogP contribution in [0.15, 0.2) is 6.07 Å². The Hall–Kier alpha value is -2.01. The van der Waals surface area contributed by atoms with E-state index in [0.717, 1.165) is 6.07 Å². The number of nitriles is 2. The molecule has 0 heterocycles. The molecular formula is C11H7F3N2. The van der Waals surface area contributed by atoms with Gasteiger partial charge in [0.05, 0.1) is 28.8 Å². The molecule has 0 aliphatic heterocycles. The third-order valence-corrected chi connectivity index (χ3v) is 2.42. The molecule has 0 N–H and O–H groups in total. The van der Waals surface area contributed by atoms with Gasteiger partial charge in [-0.3, -0.25) is 0 Å². The summed E-state index contributed by atoms with van der Waals surface area (Å²) < 4.78 is 38.0. The highest BCUT2D eigenvalue weighted by molar-refractivity contribution is 5.54. The second-order valence-electron chi connectivity index (χ2n) is 3.32. The van der Waals surface area contributed by atoms with Gasteiger partial charge in [-0.2, -0.15) is 23.7 Å². The molecular weight excluding hydrogens is 217 g/mol. The zero-order valence-corrected chi connectivity index (χ0v) is 8.61. The van der Waals surface area contributed by atoms with Gasteiger partial charge < -0.3 is 0 Å². The lowest BCUT2D eigenvalue weighted by Crippen LogP contribution is -2.12. The maximum atomic E-state index is 12.7. The van der Waals surface area contributed by atoms with Crippen molar-refractivity contribution < 1.29 is 13.2 Å². The van der Waals surface area contributed by atoms with Crippen molar-refractivity contribution >= 4 is 0 Å². The molecule has 1 aromatic carbocycles. The summed E-state index contributed by atoms with van der Waals surface area (Å²) >= 11 is 0. The van der Waals surface area contributed by atoms with Crippen LogP contribution in [0.5, 0.6) is 0 Å². The van der Waals surface area contributed by atoms with Gasteiger partial charge in [-0.1, -0.05) is 0 Å². The number of benzene rings is 1. The summed E-state index contributed by atoms with van der Waals surface area (Å²) in [6.07, 6.45) is -4.58. The molecule has 0 amide bonds. The summed E-state index contributed by atoms with van der Waals surface area (Å²) in [7, 11) is 0. The molecule has 0 unspecified atom stereocenters. The van der Waals surface area contributed by atoms with Crippen LogP contribution in [0.4, 0.5) is 13.2 Å². The van der Waals surface area contributed by atoms with Crippen molar-refractivity contribution in [2.24, 2.45) is 0 Å². The normalized spacial score (nSPS) is 10.7. The van der Waals surface area contributed by atoms with Crippen molar-refractivity contribution in [1.29, 1.82) is 10.5 Å². The van der Waals surface area contributed by atoms with E-state index in [1.807, 2.05) is 0 Å². The van der Waals surface area contributed by atoms with E-state index in [0.29, 0.717) is 0 Å². The number of nitrogens with zero attached hydrogens (tertiary/aromatic N) is 2. The number of hydrogen-bond acceptors (Lipinski definition) is 2. The van der Waals surface area contributed by atoms with Crippen molar-refractivity contribution in [3.05, 3.63) is 33.9 Å². The number of alkyl halides is 3. The zero-order chi connectivity index (χ0) is 12.5. The fraction of sp³-hybridized carbons (Fsp3) is 0.273. The number of halogens is 3. The molecule has 2 nitrogen and oxygen atoms in total. The van der Waals surface area contributed by atoms with Gasteiger partial charge in [0.2, 0.25) is 0 Å². The van der Waals surface area contributed by atoms with Crippen LogP contribution in [-0.2, 0) is 6.18 Å². The lowest BCUT2D eigenvalue weighted by atomic mass is 9.93. The van der Waals surface area contributed by atoms with Gasteiger partial charge in [0, 0.05) is 0 Å². The molecule has 0 aliphatic carbocycles. The van der Waals surface area contributed by atoms with Crippen LogP contribution in [0.2, 0.25) is 0 Å². The second kappa shape index (κ2) is 3.86. The number of rotatable bonds is 0. The Kier molecular flexibility index (Phi) is 2.91. The van der Waals surface area contributed by atoms with E-state index >= 15 is 0 Å². The van der Waals surface area contributed by atoms with Crippen molar-refractivity contribution in [3.63, 3.8) is 0 Å². The first-order chi connectivity index (χ1) is 7.32. The lowest BCUT2D eigenvalue weighted by molar-refractivity contribution is -0.138. The molecule has 0 atom stereocenters. The third kappa shape index (κ3) is 1.85. The Morgan fingerprint density at radius 1 is 1.00 bits per heavy atom. The first kappa shape index (κ1) is 12.1. The van der Waals surface area contributed by atoms with Crippen LogP contribution in [0.25, 0.3) is 0 Å². The lowest BCUT2D eigenvalue weighted by Gasteiger charge is -2.14. The molecule has 5 heteroatoms. The van der Waals surface area contributed by atoms with E-state index in [-0.39, 0.29) is 16.7 Å². The van der Waals surface area contributed by atoms with Gasteiger partial charge in [0.25, 0.3) is 0 Å². The monoisotopic (exact) mass is 224 g/mol. The summed E-state index contributed by atoms with van der Waals surface area (Å²) in [4.78, 5) is 0. The van der Waals surface area contributed by atoms with Crippen molar-refractivity contribution in [1.82, 2.24) is 0 Å². The Morgan fingerprint density at radius 2 is 1.50 bits per heavy atom. The van der Waals surface area contributed by atoms with E-state index in [1.54, 1.807) is 6.07 Å². The van der Waals surface area contributed by atoms with Gasteiger partial charge >= 0.3 is 6.18 Å². The average Bonchev–Trinajstić information content (AvgIpc) is 2.19. The summed E-state index contributed by atoms with van der Waals surface area (Å²) in [6.45, 7) is 2.70.